The minimum atomic E-state index is -3.44. The van der Waals surface area contributed by atoms with Gasteiger partial charge in [0, 0.05) is 24.2 Å². The van der Waals surface area contributed by atoms with Gasteiger partial charge in [-0.3, -0.25) is 0 Å². The highest BCUT2D eigenvalue weighted by molar-refractivity contribution is 9.10. The van der Waals surface area contributed by atoms with Gasteiger partial charge >= 0.3 is 0 Å². The second kappa shape index (κ2) is 12.0. The fraction of sp³-hybridized carbons (Fsp3) is 0.739. The van der Waals surface area contributed by atoms with E-state index in [-0.39, 0.29) is 12.1 Å². The van der Waals surface area contributed by atoms with Gasteiger partial charge < -0.3 is 10.1 Å². The van der Waals surface area contributed by atoms with Crippen molar-refractivity contribution >= 4 is 26.0 Å². The molecule has 30 heavy (non-hydrogen) atoms. The van der Waals surface area contributed by atoms with Crippen LogP contribution >= 0.6 is 15.9 Å². The third-order valence-electron chi connectivity index (χ3n) is 6.38. The van der Waals surface area contributed by atoms with Crippen molar-refractivity contribution < 1.29 is 13.2 Å². The predicted octanol–water partition coefficient (Wildman–Crippen LogP) is 4.96. The van der Waals surface area contributed by atoms with Gasteiger partial charge in [0.25, 0.3) is 0 Å². The SMILES string of the molecule is CN(C1CCC(OCCCCCCNCC2CC2)CC1)S(=O)(=O)c1ccc(Br)cc1. The minimum Gasteiger partial charge on any atom is -0.378 e. The summed E-state index contributed by atoms with van der Waals surface area (Å²) >= 11 is 3.36. The zero-order valence-corrected chi connectivity index (χ0v) is 20.6. The predicted molar refractivity (Wildman–Crippen MR) is 125 cm³/mol. The Bertz CT molecular complexity index is 729. The zero-order valence-electron chi connectivity index (χ0n) is 18.2. The van der Waals surface area contributed by atoms with Gasteiger partial charge in [-0.25, -0.2) is 8.42 Å². The first-order chi connectivity index (χ1) is 14.5. The first kappa shape index (κ1) is 24.2. The molecule has 0 amide bonds. The van der Waals surface area contributed by atoms with Crippen LogP contribution in [0.2, 0.25) is 0 Å². The van der Waals surface area contributed by atoms with E-state index in [2.05, 4.69) is 21.2 Å². The number of hydrogen-bond donors (Lipinski definition) is 1. The van der Waals surface area contributed by atoms with Crippen molar-refractivity contribution in [3.63, 3.8) is 0 Å². The molecule has 0 heterocycles. The van der Waals surface area contributed by atoms with Crippen molar-refractivity contribution in [1.82, 2.24) is 9.62 Å². The molecule has 0 saturated heterocycles. The maximum Gasteiger partial charge on any atom is 0.243 e. The van der Waals surface area contributed by atoms with Gasteiger partial charge in [-0.15, -0.1) is 0 Å². The van der Waals surface area contributed by atoms with E-state index in [1.807, 2.05) is 0 Å². The van der Waals surface area contributed by atoms with Crippen LogP contribution in [0, 0.1) is 5.92 Å². The van der Waals surface area contributed by atoms with E-state index in [9.17, 15) is 8.42 Å². The summed E-state index contributed by atoms with van der Waals surface area (Å²) in [6.45, 7) is 3.20. The molecule has 0 unspecified atom stereocenters. The number of ether oxygens (including phenoxy) is 1. The topological polar surface area (TPSA) is 58.6 Å². The van der Waals surface area contributed by atoms with Crippen LogP contribution in [0.15, 0.2) is 33.6 Å². The summed E-state index contributed by atoms with van der Waals surface area (Å²) in [4.78, 5) is 0.356. The van der Waals surface area contributed by atoms with Crippen molar-refractivity contribution in [2.45, 2.75) is 81.2 Å². The highest BCUT2D eigenvalue weighted by Gasteiger charge is 2.31. The number of hydrogen-bond acceptors (Lipinski definition) is 4. The molecule has 1 N–H and O–H groups in total. The highest BCUT2D eigenvalue weighted by Crippen LogP contribution is 2.29. The Morgan fingerprint density at radius 2 is 1.67 bits per heavy atom. The largest absolute Gasteiger partial charge is 0.378 e. The van der Waals surface area contributed by atoms with Gasteiger partial charge in [0.15, 0.2) is 0 Å². The molecule has 5 nitrogen and oxygen atoms in total. The van der Waals surface area contributed by atoms with E-state index in [0.29, 0.717) is 4.90 Å². The maximum absolute atomic E-state index is 12.9. The second-order valence-corrected chi connectivity index (χ2v) is 11.8. The summed E-state index contributed by atoms with van der Waals surface area (Å²) in [5.41, 5.74) is 0. The molecular formula is C23H37BrN2O3S. The van der Waals surface area contributed by atoms with E-state index in [0.717, 1.165) is 55.6 Å². The van der Waals surface area contributed by atoms with Gasteiger partial charge in [-0.1, -0.05) is 28.8 Å². The van der Waals surface area contributed by atoms with E-state index in [1.54, 1.807) is 35.6 Å². The molecule has 0 spiro atoms. The van der Waals surface area contributed by atoms with Crippen LogP contribution < -0.4 is 5.32 Å². The average molecular weight is 502 g/mol. The summed E-state index contributed by atoms with van der Waals surface area (Å²) in [7, 11) is -1.73. The Hall–Kier alpha value is -0.470. The molecule has 0 atom stereocenters. The van der Waals surface area contributed by atoms with Crippen LogP contribution in [-0.2, 0) is 14.8 Å². The second-order valence-electron chi connectivity index (χ2n) is 8.84. The minimum absolute atomic E-state index is 0.0571. The molecule has 2 aliphatic carbocycles. The lowest BCUT2D eigenvalue weighted by Crippen LogP contribution is -2.40. The lowest BCUT2D eigenvalue weighted by Gasteiger charge is -2.34. The standard InChI is InChI=1S/C23H37BrN2O3S/c1-26(30(27,28)23-14-8-20(24)9-15-23)21-10-12-22(13-11-21)29-17-5-3-2-4-16-25-18-19-6-7-19/h8-9,14-15,19,21-22,25H,2-7,10-13,16-18H2,1H3. The Balaban J connectivity index is 1.27. The average Bonchev–Trinajstić information content (AvgIpc) is 3.57. The van der Waals surface area contributed by atoms with Crippen LogP contribution in [0.25, 0.3) is 0 Å². The number of unbranched alkanes of at least 4 members (excludes halogenated alkanes) is 3. The third kappa shape index (κ3) is 7.59. The molecule has 3 rings (SSSR count). The van der Waals surface area contributed by atoms with Crippen molar-refractivity contribution in [3.05, 3.63) is 28.7 Å². The van der Waals surface area contributed by atoms with Crippen molar-refractivity contribution in [2.75, 3.05) is 26.7 Å². The smallest absolute Gasteiger partial charge is 0.243 e. The molecule has 2 aliphatic rings. The van der Waals surface area contributed by atoms with Crippen LogP contribution in [0.5, 0.6) is 0 Å². The van der Waals surface area contributed by atoms with Gasteiger partial charge in [-0.2, -0.15) is 4.31 Å². The van der Waals surface area contributed by atoms with E-state index < -0.39 is 10.0 Å². The van der Waals surface area contributed by atoms with Crippen LogP contribution in [-0.4, -0.2) is 51.6 Å². The summed E-state index contributed by atoms with van der Waals surface area (Å²) in [5, 5.41) is 3.55. The summed E-state index contributed by atoms with van der Waals surface area (Å²) in [6, 6.07) is 6.93. The fourth-order valence-electron chi connectivity index (χ4n) is 4.13. The molecule has 0 radical (unpaired) electrons. The molecule has 2 fully saturated rings. The zero-order chi connectivity index (χ0) is 21.4. The maximum atomic E-state index is 12.9. The molecule has 7 heteroatoms. The van der Waals surface area contributed by atoms with Gasteiger partial charge in [0.05, 0.1) is 11.0 Å². The third-order valence-corrected chi connectivity index (χ3v) is 8.83. The highest BCUT2D eigenvalue weighted by atomic mass is 79.9. The molecule has 1 aromatic carbocycles. The number of sulfonamides is 1. The van der Waals surface area contributed by atoms with Crippen LogP contribution in [0.1, 0.15) is 64.2 Å². The van der Waals surface area contributed by atoms with Crippen molar-refractivity contribution in [2.24, 2.45) is 5.92 Å². The Labute approximate surface area is 191 Å². The van der Waals surface area contributed by atoms with E-state index in [4.69, 9.17) is 4.74 Å². The molecule has 170 valence electrons. The number of nitrogens with one attached hydrogen (secondary N) is 1. The summed E-state index contributed by atoms with van der Waals surface area (Å²) in [6.07, 6.45) is 11.6. The van der Waals surface area contributed by atoms with Crippen molar-refractivity contribution in [1.29, 1.82) is 0 Å². The Kier molecular flexibility index (Phi) is 9.63. The Morgan fingerprint density at radius 1 is 1.00 bits per heavy atom. The van der Waals surface area contributed by atoms with E-state index in [1.165, 1.54) is 38.6 Å². The van der Waals surface area contributed by atoms with Crippen LogP contribution in [0.3, 0.4) is 0 Å². The van der Waals surface area contributed by atoms with E-state index >= 15 is 0 Å². The first-order valence-electron chi connectivity index (χ1n) is 11.5. The molecule has 0 aromatic heterocycles. The van der Waals surface area contributed by atoms with Crippen molar-refractivity contribution in [3.8, 4) is 0 Å². The monoisotopic (exact) mass is 500 g/mol. The summed E-state index contributed by atoms with van der Waals surface area (Å²) in [5.74, 6) is 0.967. The Morgan fingerprint density at radius 3 is 2.33 bits per heavy atom. The van der Waals surface area contributed by atoms with Crippen LogP contribution in [0.4, 0.5) is 0 Å². The number of rotatable bonds is 13. The molecule has 0 aliphatic heterocycles. The molecule has 1 aromatic rings. The number of nitrogens with zero attached hydrogens (tertiary/aromatic N) is 1. The number of benzene rings is 1. The van der Waals surface area contributed by atoms with Gasteiger partial charge in [0.2, 0.25) is 10.0 Å². The first-order valence-corrected chi connectivity index (χ1v) is 13.8. The molecular weight excluding hydrogens is 464 g/mol. The quantitative estimate of drug-likeness (QED) is 0.389. The number of halogens is 1. The molecule has 2 saturated carbocycles. The normalized spacial score (nSPS) is 22.5. The lowest BCUT2D eigenvalue weighted by atomic mass is 9.93. The summed E-state index contributed by atoms with van der Waals surface area (Å²) < 4.78 is 34.3. The lowest BCUT2D eigenvalue weighted by molar-refractivity contribution is 0.0157. The van der Waals surface area contributed by atoms with Gasteiger partial charge in [-0.05, 0) is 94.6 Å². The van der Waals surface area contributed by atoms with Gasteiger partial charge in [0.1, 0.15) is 0 Å². The molecule has 0 bridgehead atoms. The fourth-order valence-corrected chi connectivity index (χ4v) is 5.81.